The molecule has 2 amide bonds. The van der Waals surface area contributed by atoms with Crippen molar-refractivity contribution in [3.05, 3.63) is 0 Å². The number of alkyl carbamates (subject to hydrolysis) is 1. The quantitative estimate of drug-likeness (QED) is 0.856. The molecule has 1 saturated carbocycles. The van der Waals surface area contributed by atoms with E-state index in [9.17, 15) is 9.59 Å². The average Bonchev–Trinajstić information content (AvgIpc) is 2.35. The molecular weight excluding hydrogens is 292 g/mol. The van der Waals surface area contributed by atoms with Crippen LogP contribution in [0.4, 0.5) is 4.79 Å². The Morgan fingerprint density at radius 2 is 1.57 bits per heavy atom. The first-order chi connectivity index (χ1) is 10.4. The molecule has 0 bridgehead atoms. The number of amides is 2. The zero-order valence-electron chi connectivity index (χ0n) is 15.9. The Morgan fingerprint density at radius 1 is 1.04 bits per heavy atom. The SMILES string of the molecule is C[C@H](NC(=O)OC(C)(C)C)C(=O)N(C1CCCCC1)C(C)(C)C. The number of rotatable bonds is 3. The van der Waals surface area contributed by atoms with Crippen molar-refractivity contribution in [2.45, 2.75) is 104 Å². The maximum Gasteiger partial charge on any atom is 0.408 e. The van der Waals surface area contributed by atoms with Crippen LogP contribution in [0.25, 0.3) is 0 Å². The van der Waals surface area contributed by atoms with Crippen molar-refractivity contribution in [1.82, 2.24) is 10.2 Å². The predicted octanol–water partition coefficient (Wildman–Crippen LogP) is 3.86. The standard InChI is InChI=1S/C18H34N2O3/c1-13(19-16(22)23-18(5,6)7)15(21)20(17(2,3)4)14-11-9-8-10-12-14/h13-14H,8-12H2,1-7H3,(H,19,22)/t13-/m0/s1. The molecule has 1 fully saturated rings. The third-order valence-electron chi connectivity index (χ3n) is 4.00. The molecule has 0 spiro atoms. The summed E-state index contributed by atoms with van der Waals surface area (Å²) in [4.78, 5) is 26.8. The highest BCUT2D eigenvalue weighted by atomic mass is 16.6. The van der Waals surface area contributed by atoms with Gasteiger partial charge in [0, 0.05) is 11.6 Å². The van der Waals surface area contributed by atoms with Gasteiger partial charge in [0.25, 0.3) is 0 Å². The summed E-state index contributed by atoms with van der Waals surface area (Å²) in [7, 11) is 0. The van der Waals surface area contributed by atoms with E-state index < -0.39 is 17.7 Å². The summed E-state index contributed by atoms with van der Waals surface area (Å²) in [6.07, 6.45) is 5.12. The van der Waals surface area contributed by atoms with E-state index in [-0.39, 0.29) is 17.5 Å². The molecule has 0 radical (unpaired) electrons. The second kappa shape index (κ2) is 7.54. The minimum atomic E-state index is -0.592. The van der Waals surface area contributed by atoms with E-state index in [1.807, 2.05) is 25.7 Å². The van der Waals surface area contributed by atoms with E-state index in [0.717, 1.165) is 12.8 Å². The normalized spacial score (nSPS) is 18.2. The Balaban J connectivity index is 2.77. The third kappa shape index (κ3) is 6.40. The Labute approximate surface area is 141 Å². The molecule has 5 heteroatoms. The number of carbonyl (C=O) groups excluding carboxylic acids is 2. The van der Waals surface area contributed by atoms with Crippen LogP contribution in [-0.4, -0.2) is 40.1 Å². The smallest absolute Gasteiger partial charge is 0.408 e. The van der Waals surface area contributed by atoms with Gasteiger partial charge in [0.2, 0.25) is 5.91 Å². The number of carbonyl (C=O) groups is 2. The van der Waals surface area contributed by atoms with Crippen LogP contribution >= 0.6 is 0 Å². The molecule has 1 N–H and O–H groups in total. The first-order valence-corrected chi connectivity index (χ1v) is 8.74. The van der Waals surface area contributed by atoms with Crippen molar-refractivity contribution < 1.29 is 14.3 Å². The Kier molecular flexibility index (Phi) is 6.49. The van der Waals surface area contributed by atoms with E-state index in [0.29, 0.717) is 0 Å². The van der Waals surface area contributed by atoms with Gasteiger partial charge in [-0.15, -0.1) is 0 Å². The predicted molar refractivity (Wildman–Crippen MR) is 92.3 cm³/mol. The van der Waals surface area contributed by atoms with Crippen LogP contribution in [0.15, 0.2) is 0 Å². The first kappa shape index (κ1) is 19.8. The number of nitrogens with one attached hydrogen (secondary N) is 1. The summed E-state index contributed by atoms with van der Waals surface area (Å²) in [5.41, 5.74) is -0.830. The molecule has 23 heavy (non-hydrogen) atoms. The van der Waals surface area contributed by atoms with Gasteiger partial charge in [-0.25, -0.2) is 4.79 Å². The van der Waals surface area contributed by atoms with Crippen LogP contribution < -0.4 is 5.32 Å². The van der Waals surface area contributed by atoms with Crippen LogP contribution in [0, 0.1) is 0 Å². The molecule has 1 aliphatic rings. The molecule has 134 valence electrons. The summed E-state index contributed by atoms with van der Waals surface area (Å²) < 4.78 is 5.25. The molecule has 0 aromatic heterocycles. The average molecular weight is 326 g/mol. The van der Waals surface area contributed by atoms with Crippen LogP contribution in [0.5, 0.6) is 0 Å². The van der Waals surface area contributed by atoms with Crippen LogP contribution in [0.2, 0.25) is 0 Å². The summed E-state index contributed by atoms with van der Waals surface area (Å²) in [6, 6.07) is -0.329. The van der Waals surface area contributed by atoms with Gasteiger partial charge in [-0.2, -0.15) is 0 Å². The van der Waals surface area contributed by atoms with Gasteiger partial charge in [-0.05, 0) is 61.3 Å². The highest BCUT2D eigenvalue weighted by molar-refractivity contribution is 5.86. The van der Waals surface area contributed by atoms with Crippen LogP contribution in [0.1, 0.15) is 80.6 Å². The molecule has 0 aromatic rings. The number of hydrogen-bond donors (Lipinski definition) is 1. The summed E-state index contributed by atoms with van der Waals surface area (Å²) in [5, 5.41) is 2.68. The fraction of sp³-hybridized carbons (Fsp3) is 0.889. The zero-order chi connectivity index (χ0) is 17.8. The molecule has 1 atom stereocenters. The van der Waals surface area contributed by atoms with Gasteiger partial charge in [0.05, 0.1) is 0 Å². The van der Waals surface area contributed by atoms with Crippen LogP contribution in [-0.2, 0) is 9.53 Å². The third-order valence-corrected chi connectivity index (χ3v) is 4.00. The first-order valence-electron chi connectivity index (χ1n) is 8.74. The molecule has 5 nitrogen and oxygen atoms in total. The van der Waals surface area contributed by atoms with Crippen molar-refractivity contribution in [2.24, 2.45) is 0 Å². The van der Waals surface area contributed by atoms with Crippen LogP contribution in [0.3, 0.4) is 0 Å². The summed E-state index contributed by atoms with van der Waals surface area (Å²) >= 11 is 0. The molecule has 1 aliphatic carbocycles. The molecule has 0 heterocycles. The minimum absolute atomic E-state index is 0.0322. The lowest BCUT2D eigenvalue weighted by atomic mass is 9.90. The lowest BCUT2D eigenvalue weighted by Crippen LogP contribution is -2.58. The van der Waals surface area contributed by atoms with Gasteiger partial charge in [0.15, 0.2) is 0 Å². The Hall–Kier alpha value is -1.26. The lowest BCUT2D eigenvalue weighted by Gasteiger charge is -2.44. The number of ether oxygens (including phenoxy) is 1. The maximum atomic E-state index is 12.9. The number of hydrogen-bond acceptors (Lipinski definition) is 3. The lowest BCUT2D eigenvalue weighted by molar-refractivity contribution is -0.142. The van der Waals surface area contributed by atoms with Crippen molar-refractivity contribution in [3.8, 4) is 0 Å². The summed E-state index contributed by atoms with van der Waals surface area (Å²) in [5.74, 6) is -0.0322. The molecule has 0 aromatic carbocycles. The molecule has 1 rings (SSSR count). The van der Waals surface area contributed by atoms with E-state index in [4.69, 9.17) is 4.74 Å². The topological polar surface area (TPSA) is 58.6 Å². The van der Waals surface area contributed by atoms with Crippen molar-refractivity contribution >= 4 is 12.0 Å². The van der Waals surface area contributed by atoms with Gasteiger partial charge < -0.3 is 15.0 Å². The Morgan fingerprint density at radius 3 is 2.00 bits per heavy atom. The van der Waals surface area contributed by atoms with Crippen molar-refractivity contribution in [2.75, 3.05) is 0 Å². The Bertz CT molecular complexity index is 415. The maximum absolute atomic E-state index is 12.9. The highest BCUT2D eigenvalue weighted by Gasteiger charge is 2.36. The molecular formula is C18H34N2O3. The molecule has 0 unspecified atom stereocenters. The largest absolute Gasteiger partial charge is 0.444 e. The van der Waals surface area contributed by atoms with E-state index in [1.54, 1.807) is 6.92 Å². The summed E-state index contributed by atoms with van der Waals surface area (Å²) in [6.45, 7) is 13.3. The molecule has 0 aliphatic heterocycles. The second-order valence-electron chi connectivity index (χ2n) is 8.54. The fourth-order valence-corrected chi connectivity index (χ4v) is 3.15. The van der Waals surface area contributed by atoms with Gasteiger partial charge in [-0.3, -0.25) is 4.79 Å². The van der Waals surface area contributed by atoms with E-state index in [2.05, 4.69) is 26.1 Å². The fourth-order valence-electron chi connectivity index (χ4n) is 3.15. The zero-order valence-corrected chi connectivity index (χ0v) is 15.9. The van der Waals surface area contributed by atoms with E-state index >= 15 is 0 Å². The monoisotopic (exact) mass is 326 g/mol. The van der Waals surface area contributed by atoms with Crippen molar-refractivity contribution in [1.29, 1.82) is 0 Å². The highest BCUT2D eigenvalue weighted by Crippen LogP contribution is 2.29. The number of nitrogens with zero attached hydrogens (tertiary/aromatic N) is 1. The molecule has 0 saturated heterocycles. The van der Waals surface area contributed by atoms with E-state index in [1.165, 1.54) is 19.3 Å². The van der Waals surface area contributed by atoms with Gasteiger partial charge in [0.1, 0.15) is 11.6 Å². The van der Waals surface area contributed by atoms with Gasteiger partial charge in [-0.1, -0.05) is 19.3 Å². The minimum Gasteiger partial charge on any atom is -0.444 e. The van der Waals surface area contributed by atoms with Gasteiger partial charge >= 0.3 is 6.09 Å². The second-order valence-corrected chi connectivity index (χ2v) is 8.54. The van der Waals surface area contributed by atoms with Crippen molar-refractivity contribution in [3.63, 3.8) is 0 Å².